The molecular formula is C4H5NOSe. The molecule has 0 aliphatic heterocycles. The first-order valence-corrected chi connectivity index (χ1v) is 3.69. The van der Waals surface area contributed by atoms with Crippen LogP contribution in [0.3, 0.4) is 0 Å². The molecule has 0 fully saturated rings. The maximum absolute atomic E-state index is 9.37. The van der Waals surface area contributed by atoms with Crippen LogP contribution in [0.2, 0.25) is 5.32 Å². The molecule has 38 valence electrons. The van der Waals surface area contributed by atoms with Gasteiger partial charge in [-0.3, -0.25) is 0 Å². The molecule has 0 N–H and O–H groups in total. The van der Waals surface area contributed by atoms with Crippen molar-refractivity contribution >= 4 is 21.3 Å². The zero-order valence-corrected chi connectivity index (χ0v) is 5.47. The Balaban J connectivity index is 2.97. The number of carbonyl (C=O) groups excluding carboxylic acids is 1. The van der Waals surface area contributed by atoms with Crippen LogP contribution in [0.4, 0.5) is 0 Å². The molecule has 0 aromatic rings. The summed E-state index contributed by atoms with van der Waals surface area (Å²) < 4.78 is 3.35. The van der Waals surface area contributed by atoms with E-state index in [-0.39, 0.29) is 15.2 Å². The Labute approximate surface area is 48.7 Å². The Morgan fingerprint density at radius 1 is 2.00 bits per heavy atom. The van der Waals surface area contributed by atoms with Gasteiger partial charge in [-0.15, -0.1) is 0 Å². The third kappa shape index (κ3) is 5.64. The standard InChI is InChI=1S/C4H5NOSe/c1-2-3-7-5-4-6/h2H,1,3H2. The number of allylic oxidation sites excluding steroid dienone is 1. The van der Waals surface area contributed by atoms with Crippen LogP contribution in [0.15, 0.2) is 16.7 Å². The molecule has 0 unspecified atom stereocenters. The van der Waals surface area contributed by atoms with Gasteiger partial charge in [0.1, 0.15) is 0 Å². The molecule has 0 amide bonds. The number of hydrogen-bond donors (Lipinski definition) is 0. The summed E-state index contributed by atoms with van der Waals surface area (Å²) in [6, 6.07) is 0. The van der Waals surface area contributed by atoms with E-state index in [1.54, 1.807) is 6.08 Å². The van der Waals surface area contributed by atoms with E-state index in [1.165, 1.54) is 6.08 Å². The first-order valence-electron chi connectivity index (χ1n) is 1.72. The SMILES string of the molecule is C=CC[Se]N=C=O. The van der Waals surface area contributed by atoms with Crippen molar-refractivity contribution in [3.8, 4) is 0 Å². The fraction of sp³-hybridized carbons (Fsp3) is 0.250. The normalized spacial score (nSPS) is 6.86. The predicted molar refractivity (Wildman–Crippen MR) is 28.9 cm³/mol. The second-order valence-electron chi connectivity index (χ2n) is 0.767. The monoisotopic (exact) mass is 163 g/mol. The minimum atomic E-state index is 0.0590. The number of rotatable bonds is 3. The average Bonchev–Trinajstić information content (AvgIpc) is 1.69. The zero-order chi connectivity index (χ0) is 5.54. The molecule has 0 spiro atoms. The summed E-state index contributed by atoms with van der Waals surface area (Å²) in [6.07, 6.45) is 3.19. The van der Waals surface area contributed by atoms with Crippen molar-refractivity contribution in [1.29, 1.82) is 0 Å². The fourth-order valence-electron chi connectivity index (χ4n) is 0.116. The van der Waals surface area contributed by atoms with E-state index in [0.717, 1.165) is 5.32 Å². The number of nitrogens with zero attached hydrogens (tertiary/aromatic N) is 1. The molecule has 0 rings (SSSR count). The Kier molecular flexibility index (Phi) is 5.35. The third-order valence-corrected chi connectivity index (χ3v) is 1.53. The summed E-state index contributed by atoms with van der Waals surface area (Å²) in [5.74, 6) is 0. The topological polar surface area (TPSA) is 29.4 Å². The van der Waals surface area contributed by atoms with Crippen molar-refractivity contribution in [1.82, 2.24) is 0 Å². The molecule has 0 atom stereocenters. The van der Waals surface area contributed by atoms with E-state index in [0.29, 0.717) is 0 Å². The van der Waals surface area contributed by atoms with Gasteiger partial charge in [-0.25, -0.2) is 0 Å². The molecule has 7 heavy (non-hydrogen) atoms. The van der Waals surface area contributed by atoms with Gasteiger partial charge in [0.05, 0.1) is 0 Å². The quantitative estimate of drug-likeness (QED) is 0.196. The molecule has 0 bridgehead atoms. The van der Waals surface area contributed by atoms with Gasteiger partial charge < -0.3 is 0 Å². The van der Waals surface area contributed by atoms with E-state index >= 15 is 0 Å². The van der Waals surface area contributed by atoms with E-state index < -0.39 is 0 Å². The van der Waals surface area contributed by atoms with Crippen molar-refractivity contribution < 1.29 is 4.79 Å². The van der Waals surface area contributed by atoms with Gasteiger partial charge in [0, 0.05) is 0 Å². The molecule has 0 aromatic heterocycles. The molecular weight excluding hydrogens is 157 g/mol. The fourth-order valence-corrected chi connectivity index (χ4v) is 0.604. The van der Waals surface area contributed by atoms with Gasteiger partial charge in [0.15, 0.2) is 0 Å². The maximum atomic E-state index is 9.37. The van der Waals surface area contributed by atoms with E-state index in [2.05, 4.69) is 10.6 Å². The van der Waals surface area contributed by atoms with E-state index in [9.17, 15) is 4.79 Å². The Morgan fingerprint density at radius 3 is 3.14 bits per heavy atom. The molecule has 3 heteroatoms. The van der Waals surface area contributed by atoms with Crippen molar-refractivity contribution in [3.63, 3.8) is 0 Å². The van der Waals surface area contributed by atoms with Gasteiger partial charge in [-0.1, -0.05) is 0 Å². The molecule has 0 aliphatic carbocycles. The molecule has 0 radical (unpaired) electrons. The van der Waals surface area contributed by atoms with E-state index in [4.69, 9.17) is 0 Å². The summed E-state index contributed by atoms with van der Waals surface area (Å²) in [4.78, 5) is 9.37. The van der Waals surface area contributed by atoms with Crippen LogP contribution < -0.4 is 0 Å². The number of isocyanates is 1. The molecule has 0 aromatic carbocycles. The van der Waals surface area contributed by atoms with Crippen LogP contribution >= 0.6 is 0 Å². The Hall–Kier alpha value is -0.361. The summed E-state index contributed by atoms with van der Waals surface area (Å²) >= 11 is 0.0590. The molecule has 0 saturated carbocycles. The van der Waals surface area contributed by atoms with Gasteiger partial charge >= 0.3 is 48.0 Å². The molecule has 0 saturated heterocycles. The van der Waals surface area contributed by atoms with Crippen LogP contribution in [0, 0.1) is 0 Å². The van der Waals surface area contributed by atoms with Gasteiger partial charge in [-0.05, 0) is 0 Å². The van der Waals surface area contributed by atoms with Crippen molar-refractivity contribution in [2.75, 3.05) is 0 Å². The second-order valence-corrected chi connectivity index (χ2v) is 2.39. The summed E-state index contributed by atoms with van der Waals surface area (Å²) in [6.45, 7) is 3.46. The predicted octanol–water partition coefficient (Wildman–Crippen LogP) is 0.546. The summed E-state index contributed by atoms with van der Waals surface area (Å²) in [5.41, 5.74) is 0. The molecule has 0 aliphatic rings. The van der Waals surface area contributed by atoms with Crippen LogP contribution in [0.5, 0.6) is 0 Å². The van der Waals surface area contributed by atoms with Crippen molar-refractivity contribution in [2.24, 2.45) is 4.01 Å². The zero-order valence-electron chi connectivity index (χ0n) is 3.76. The van der Waals surface area contributed by atoms with E-state index in [1.807, 2.05) is 0 Å². The van der Waals surface area contributed by atoms with Crippen molar-refractivity contribution in [2.45, 2.75) is 5.32 Å². The van der Waals surface area contributed by atoms with Crippen LogP contribution in [-0.2, 0) is 4.79 Å². The second kappa shape index (κ2) is 5.64. The minimum absolute atomic E-state index is 0.0590. The van der Waals surface area contributed by atoms with Gasteiger partial charge in [-0.2, -0.15) is 0 Å². The molecule has 0 heterocycles. The van der Waals surface area contributed by atoms with Crippen LogP contribution in [0.25, 0.3) is 0 Å². The number of hydrogen-bond acceptors (Lipinski definition) is 2. The first kappa shape index (κ1) is 6.64. The van der Waals surface area contributed by atoms with Crippen molar-refractivity contribution in [3.05, 3.63) is 12.7 Å². The van der Waals surface area contributed by atoms with Gasteiger partial charge in [0.25, 0.3) is 0 Å². The average molecular weight is 162 g/mol. The van der Waals surface area contributed by atoms with Crippen LogP contribution in [0.1, 0.15) is 0 Å². The summed E-state index contributed by atoms with van der Waals surface area (Å²) in [5, 5.41) is 0.822. The first-order chi connectivity index (χ1) is 3.41. The Bertz CT molecular complexity index is 95.9. The van der Waals surface area contributed by atoms with Gasteiger partial charge in [0.2, 0.25) is 0 Å². The Morgan fingerprint density at radius 2 is 2.71 bits per heavy atom. The van der Waals surface area contributed by atoms with Crippen LogP contribution in [-0.4, -0.2) is 21.3 Å². The molecule has 2 nitrogen and oxygen atoms in total. The third-order valence-electron chi connectivity index (χ3n) is 0.294. The summed E-state index contributed by atoms with van der Waals surface area (Å²) in [7, 11) is 0.